The van der Waals surface area contributed by atoms with Crippen LogP contribution in [-0.4, -0.2) is 178 Å². The molecule has 0 spiro atoms. The van der Waals surface area contributed by atoms with Gasteiger partial charge in [0, 0.05) is 0 Å². The zero-order valence-corrected chi connectivity index (χ0v) is 31.6. The summed E-state index contributed by atoms with van der Waals surface area (Å²) in [5, 5.41) is 0. The molecule has 55 heavy (non-hydrogen) atoms. The van der Waals surface area contributed by atoms with Gasteiger partial charge in [0.15, 0.2) is 18.5 Å². The van der Waals surface area contributed by atoms with Gasteiger partial charge in [-0.1, -0.05) is 0 Å². The Bertz CT molecular complexity index is 2280. The molecule has 43 heteroatoms. The Morgan fingerprint density at radius 1 is 0.418 bits per heavy atom. The number of ether oxygens (including phenoxy) is 3. The van der Waals surface area contributed by atoms with Crippen molar-refractivity contribution in [2.45, 2.75) is 54.8 Å². The SMILES string of the molecule is O=S(=O)(O)OC[C@@H]1O[C@H](O[C@]2(COS(=O)(=O)O)O[C@H](COS(=O)(=O)O)[C@H](OS(=O)(=O)O)[C@@H]2OS(=O)(=O)O)[C@@H](OS(=O)(=O)O)[C@H](OS(=O)(=O)O)[C@H]1OS(=O)(=O)O. The fourth-order valence-electron chi connectivity index (χ4n) is 4.24. The first kappa shape index (κ1) is 50.0. The Kier molecular flexibility index (Phi) is 15.6. The van der Waals surface area contributed by atoms with Crippen LogP contribution in [0, 0.1) is 0 Å². The quantitative estimate of drug-likeness (QED) is 0.0496. The van der Waals surface area contributed by atoms with E-state index in [4.69, 9.17) is 23.3 Å². The minimum atomic E-state index is -6.24. The summed E-state index contributed by atoms with van der Waals surface area (Å²) in [6, 6.07) is 0. The largest absolute Gasteiger partial charge is 0.397 e. The standard InChI is InChI=1S/C12H22O35S8/c13-48(14,15)37-1-4-6(43-51(22,23)24)8(45-53(28,29)30)9(46-54(31,32)33)11(40-4)42-12(3-39-50(19,20)21)10(47-55(34,35)36)7(44-52(25,26)27)5(41-12)2-38-49(16,17)18/h4-11H,1-3H2,(H,13,14,15)(H,16,17,18)(H,19,20,21)(H,22,23,24)(H,25,26,27)(H,28,29,30)(H,31,32,33)(H,34,35,36)/t4-,5+,6-,7-,8+,9-,10-,11+,12-/m0/s1. The number of hydrogen-bond acceptors (Lipinski definition) is 27. The summed E-state index contributed by atoms with van der Waals surface area (Å²) in [6.45, 7) is -6.25. The second-order valence-corrected chi connectivity index (χ2v) is 18.2. The molecule has 2 aliphatic rings. The lowest BCUT2D eigenvalue weighted by Gasteiger charge is -2.45. The van der Waals surface area contributed by atoms with E-state index in [9.17, 15) is 94.7 Å². The molecule has 35 nitrogen and oxygen atoms in total. The molecule has 0 bridgehead atoms. The van der Waals surface area contributed by atoms with E-state index in [-0.39, 0.29) is 0 Å². The molecule has 0 unspecified atom stereocenters. The van der Waals surface area contributed by atoms with Gasteiger partial charge in [0.1, 0.15) is 37.1 Å². The number of hydrogen-bond donors (Lipinski definition) is 8. The van der Waals surface area contributed by atoms with Crippen LogP contribution in [0.5, 0.6) is 0 Å². The zero-order chi connectivity index (χ0) is 43.0. The maximum Gasteiger partial charge on any atom is 0.397 e. The molecule has 2 rings (SSSR count). The summed E-state index contributed by atoms with van der Waals surface area (Å²) >= 11 is 0. The summed E-state index contributed by atoms with van der Waals surface area (Å²) in [7, 11) is -48.3. The Labute approximate surface area is 308 Å². The minimum Gasteiger partial charge on any atom is -0.341 e. The first-order chi connectivity index (χ1) is 24.2. The maximum atomic E-state index is 11.9. The van der Waals surface area contributed by atoms with Gasteiger partial charge in [-0.3, -0.25) is 36.4 Å². The predicted octanol–water partition coefficient (Wildman–Crippen LogP) is -6.78. The van der Waals surface area contributed by atoms with Crippen LogP contribution in [-0.2, 0) is 131 Å². The van der Waals surface area contributed by atoms with E-state index in [0.717, 1.165) is 0 Å². The van der Waals surface area contributed by atoms with E-state index in [2.05, 4.69) is 33.5 Å². The fraction of sp³-hybridized carbons (Fsp3) is 1.00. The highest BCUT2D eigenvalue weighted by Gasteiger charge is 2.65. The second-order valence-electron chi connectivity index (χ2n) is 9.64. The molecule has 0 amide bonds. The Balaban J connectivity index is 3.07. The Hall–Kier alpha value is -1.16. The van der Waals surface area contributed by atoms with E-state index in [0.29, 0.717) is 0 Å². The lowest BCUT2D eigenvalue weighted by atomic mass is 9.99. The molecule has 2 fully saturated rings. The van der Waals surface area contributed by atoms with Crippen LogP contribution in [0.15, 0.2) is 0 Å². The average molecular weight is 983 g/mol. The van der Waals surface area contributed by atoms with Crippen molar-refractivity contribution in [2.75, 3.05) is 19.8 Å². The maximum absolute atomic E-state index is 11.9. The average Bonchev–Trinajstić information content (AvgIpc) is 3.15. The first-order valence-electron chi connectivity index (χ1n) is 12.3. The van der Waals surface area contributed by atoms with Crippen molar-refractivity contribution < 1.29 is 151 Å². The fourth-order valence-corrected chi connectivity index (χ4v) is 7.68. The molecule has 0 radical (unpaired) electrons. The third-order valence-corrected chi connectivity index (χ3v) is 9.28. The van der Waals surface area contributed by atoms with Crippen LogP contribution in [0.3, 0.4) is 0 Å². The summed E-state index contributed by atoms with van der Waals surface area (Å²) < 4.78 is 307. The highest BCUT2D eigenvalue weighted by Crippen LogP contribution is 2.42. The van der Waals surface area contributed by atoms with Gasteiger partial charge < -0.3 is 14.2 Å². The van der Waals surface area contributed by atoms with Gasteiger partial charge in [0.05, 0.1) is 13.2 Å². The van der Waals surface area contributed by atoms with E-state index >= 15 is 0 Å². The van der Waals surface area contributed by atoms with Crippen molar-refractivity contribution in [3.63, 3.8) is 0 Å². The van der Waals surface area contributed by atoms with Crippen LogP contribution in [0.4, 0.5) is 0 Å². The molecule has 0 aliphatic carbocycles. The van der Waals surface area contributed by atoms with Gasteiger partial charge in [-0.05, 0) is 0 Å². The minimum absolute atomic E-state index is 1.92. The molecule has 0 saturated carbocycles. The van der Waals surface area contributed by atoms with Gasteiger partial charge in [-0.2, -0.15) is 67.3 Å². The Morgan fingerprint density at radius 2 is 0.782 bits per heavy atom. The molecule has 8 N–H and O–H groups in total. The molecular formula is C12H22O35S8. The molecule has 2 heterocycles. The van der Waals surface area contributed by atoms with Crippen LogP contribution in [0.25, 0.3) is 0 Å². The van der Waals surface area contributed by atoms with Crippen LogP contribution in [0.2, 0.25) is 0 Å². The van der Waals surface area contributed by atoms with E-state index in [1.807, 2.05) is 0 Å². The molecule has 2 aliphatic heterocycles. The number of rotatable bonds is 21. The topological polar surface area (TPSA) is 536 Å². The van der Waals surface area contributed by atoms with Gasteiger partial charge in [-0.15, -0.1) is 0 Å². The highest BCUT2D eigenvalue weighted by molar-refractivity contribution is 7.82. The normalized spacial score (nSPS) is 30.7. The third-order valence-electron chi connectivity index (χ3n) is 5.68. The molecule has 328 valence electrons. The molecule has 2 saturated heterocycles. The molecule has 9 atom stereocenters. The van der Waals surface area contributed by atoms with Gasteiger partial charge in [-0.25, -0.2) is 33.5 Å². The lowest BCUT2D eigenvalue weighted by Crippen LogP contribution is -2.65. The first-order valence-corrected chi connectivity index (χ1v) is 23.2. The van der Waals surface area contributed by atoms with E-state index < -0.39 is 158 Å². The Morgan fingerprint density at radius 3 is 1.18 bits per heavy atom. The summed E-state index contributed by atoms with van der Waals surface area (Å²) in [6.07, 6.45) is -26.0. The molecule has 0 aromatic carbocycles. The summed E-state index contributed by atoms with van der Waals surface area (Å²) in [5.74, 6) is -4.12. The summed E-state index contributed by atoms with van der Waals surface area (Å²) in [4.78, 5) is 0. The van der Waals surface area contributed by atoms with Crippen molar-refractivity contribution in [1.82, 2.24) is 0 Å². The summed E-state index contributed by atoms with van der Waals surface area (Å²) in [5.41, 5.74) is 0. The smallest absolute Gasteiger partial charge is 0.341 e. The predicted molar refractivity (Wildman–Crippen MR) is 152 cm³/mol. The second kappa shape index (κ2) is 17.2. The monoisotopic (exact) mass is 982 g/mol. The lowest BCUT2D eigenvalue weighted by molar-refractivity contribution is -0.374. The van der Waals surface area contributed by atoms with Crippen molar-refractivity contribution in [3.8, 4) is 0 Å². The van der Waals surface area contributed by atoms with Crippen LogP contribution < -0.4 is 0 Å². The van der Waals surface area contributed by atoms with Gasteiger partial charge in [0.25, 0.3) is 0 Å². The highest BCUT2D eigenvalue weighted by atomic mass is 32.3. The van der Waals surface area contributed by atoms with Crippen LogP contribution >= 0.6 is 0 Å². The molecule has 0 aromatic rings. The van der Waals surface area contributed by atoms with Crippen molar-refractivity contribution >= 4 is 83.2 Å². The van der Waals surface area contributed by atoms with Crippen molar-refractivity contribution in [1.29, 1.82) is 0 Å². The van der Waals surface area contributed by atoms with E-state index in [1.54, 1.807) is 0 Å². The molecular weight excluding hydrogens is 961 g/mol. The van der Waals surface area contributed by atoms with Crippen LogP contribution in [0.1, 0.15) is 0 Å². The van der Waals surface area contributed by atoms with Gasteiger partial charge >= 0.3 is 83.2 Å². The van der Waals surface area contributed by atoms with Gasteiger partial charge in [0.2, 0.25) is 5.79 Å². The molecule has 0 aromatic heterocycles. The van der Waals surface area contributed by atoms with Crippen molar-refractivity contribution in [2.24, 2.45) is 0 Å². The zero-order valence-electron chi connectivity index (χ0n) is 25.1. The third kappa shape index (κ3) is 18.1. The van der Waals surface area contributed by atoms with Crippen molar-refractivity contribution in [3.05, 3.63) is 0 Å². The van der Waals surface area contributed by atoms with E-state index in [1.165, 1.54) is 0 Å².